The molecule has 0 radical (unpaired) electrons. The molecular weight excluding hydrogens is 416 g/mol. The van der Waals surface area contributed by atoms with Crippen LogP contribution in [0.3, 0.4) is 0 Å². The van der Waals surface area contributed by atoms with Crippen LogP contribution >= 0.6 is 0 Å². The van der Waals surface area contributed by atoms with E-state index in [-0.39, 0.29) is 12.2 Å². The highest BCUT2D eigenvalue weighted by atomic mass is 32.2. The number of hydrogen-bond donors (Lipinski definition) is 0. The number of methoxy groups -OCH3 is 1. The molecule has 8 heteroatoms. The predicted molar refractivity (Wildman–Crippen MR) is 118 cm³/mol. The standard InChI is InChI=1S/C23H30N2O5S/c1-23(2,3)19-14-18(6-8-20(19)28-4)31(26,27)25-11-9-24(10-12-25)15-17-5-7-21-22(13-17)30-16-29-21/h5-8,13-14H,9-12,15-16H2,1-4H3. The highest BCUT2D eigenvalue weighted by Crippen LogP contribution is 2.35. The molecule has 0 saturated carbocycles. The molecule has 0 aromatic heterocycles. The molecule has 0 N–H and O–H groups in total. The molecule has 2 heterocycles. The van der Waals surface area contributed by atoms with Crippen molar-refractivity contribution in [1.82, 2.24) is 9.21 Å². The fourth-order valence-electron chi connectivity index (χ4n) is 4.01. The topological polar surface area (TPSA) is 68.3 Å². The van der Waals surface area contributed by atoms with Crippen LogP contribution in [-0.4, -0.2) is 57.7 Å². The second-order valence-corrected chi connectivity index (χ2v) is 10.9. The van der Waals surface area contributed by atoms with Gasteiger partial charge in [0.2, 0.25) is 16.8 Å². The second kappa shape index (κ2) is 8.33. The molecule has 0 spiro atoms. The van der Waals surface area contributed by atoms with Gasteiger partial charge in [0.25, 0.3) is 0 Å². The Morgan fingerprint density at radius 3 is 2.35 bits per heavy atom. The molecule has 2 aromatic carbocycles. The van der Waals surface area contributed by atoms with Gasteiger partial charge in [-0.2, -0.15) is 4.31 Å². The third-order valence-electron chi connectivity index (χ3n) is 5.79. The molecule has 7 nitrogen and oxygen atoms in total. The maximum Gasteiger partial charge on any atom is 0.243 e. The van der Waals surface area contributed by atoms with Crippen molar-refractivity contribution >= 4 is 10.0 Å². The van der Waals surface area contributed by atoms with Gasteiger partial charge < -0.3 is 14.2 Å². The summed E-state index contributed by atoms with van der Waals surface area (Å²) in [7, 11) is -1.95. The lowest BCUT2D eigenvalue weighted by Crippen LogP contribution is -2.48. The number of hydrogen-bond acceptors (Lipinski definition) is 6. The normalized spacial score (nSPS) is 17.7. The van der Waals surface area contributed by atoms with E-state index in [0.29, 0.717) is 36.8 Å². The van der Waals surface area contributed by atoms with Crippen molar-refractivity contribution in [3.05, 3.63) is 47.5 Å². The van der Waals surface area contributed by atoms with Crippen LogP contribution in [0.25, 0.3) is 0 Å². The van der Waals surface area contributed by atoms with Gasteiger partial charge >= 0.3 is 0 Å². The van der Waals surface area contributed by atoms with Crippen LogP contribution in [0.2, 0.25) is 0 Å². The minimum atomic E-state index is -3.56. The minimum Gasteiger partial charge on any atom is -0.496 e. The van der Waals surface area contributed by atoms with Crippen LogP contribution in [0.5, 0.6) is 17.2 Å². The molecule has 31 heavy (non-hydrogen) atoms. The molecule has 0 unspecified atom stereocenters. The van der Waals surface area contributed by atoms with Gasteiger partial charge in [-0.05, 0) is 41.3 Å². The van der Waals surface area contributed by atoms with Gasteiger partial charge in [-0.1, -0.05) is 26.8 Å². The highest BCUT2D eigenvalue weighted by molar-refractivity contribution is 7.89. The summed E-state index contributed by atoms with van der Waals surface area (Å²) >= 11 is 0. The van der Waals surface area contributed by atoms with Gasteiger partial charge in [0.05, 0.1) is 12.0 Å². The van der Waals surface area contributed by atoms with Crippen molar-refractivity contribution in [2.45, 2.75) is 37.6 Å². The molecule has 1 saturated heterocycles. The number of benzene rings is 2. The van der Waals surface area contributed by atoms with E-state index in [4.69, 9.17) is 14.2 Å². The first-order valence-electron chi connectivity index (χ1n) is 10.5. The van der Waals surface area contributed by atoms with Crippen LogP contribution in [0.1, 0.15) is 31.9 Å². The maximum absolute atomic E-state index is 13.3. The fraction of sp³-hybridized carbons (Fsp3) is 0.478. The number of fused-ring (bicyclic) bond motifs is 1. The van der Waals surface area contributed by atoms with Crippen LogP contribution < -0.4 is 14.2 Å². The van der Waals surface area contributed by atoms with Gasteiger partial charge in [0.15, 0.2) is 11.5 Å². The summed E-state index contributed by atoms with van der Waals surface area (Å²) < 4.78 is 44.4. The number of ether oxygens (including phenoxy) is 3. The summed E-state index contributed by atoms with van der Waals surface area (Å²) in [6, 6.07) is 11.1. The summed E-state index contributed by atoms with van der Waals surface area (Å²) in [6.07, 6.45) is 0. The number of rotatable bonds is 5. The first-order chi connectivity index (χ1) is 14.7. The SMILES string of the molecule is COc1ccc(S(=O)(=O)N2CCN(Cc3ccc4c(c3)OCO4)CC2)cc1C(C)(C)C. The average Bonchev–Trinajstić information content (AvgIpc) is 3.21. The minimum absolute atomic E-state index is 0.222. The highest BCUT2D eigenvalue weighted by Gasteiger charge is 2.30. The summed E-state index contributed by atoms with van der Waals surface area (Å²) in [5, 5.41) is 0. The summed E-state index contributed by atoms with van der Waals surface area (Å²) in [5.74, 6) is 2.25. The van der Waals surface area contributed by atoms with E-state index >= 15 is 0 Å². The van der Waals surface area contributed by atoms with Crippen molar-refractivity contribution in [1.29, 1.82) is 0 Å². The van der Waals surface area contributed by atoms with Crippen molar-refractivity contribution < 1.29 is 22.6 Å². The van der Waals surface area contributed by atoms with E-state index in [1.54, 1.807) is 29.6 Å². The number of sulfonamides is 1. The molecule has 168 valence electrons. The summed E-state index contributed by atoms with van der Waals surface area (Å²) in [5.41, 5.74) is 1.79. The molecule has 0 atom stereocenters. The van der Waals surface area contributed by atoms with E-state index in [0.717, 1.165) is 29.2 Å². The Labute approximate surface area is 184 Å². The number of nitrogens with zero attached hydrogens (tertiary/aromatic N) is 2. The zero-order chi connectivity index (χ0) is 22.2. The van der Waals surface area contributed by atoms with Crippen LogP contribution in [0, 0.1) is 0 Å². The van der Waals surface area contributed by atoms with Crippen molar-refractivity contribution in [3.63, 3.8) is 0 Å². The zero-order valence-electron chi connectivity index (χ0n) is 18.6. The smallest absolute Gasteiger partial charge is 0.243 e. The molecule has 2 aliphatic heterocycles. The molecule has 0 aliphatic carbocycles. The molecule has 0 amide bonds. The lowest BCUT2D eigenvalue weighted by molar-refractivity contribution is 0.173. The number of piperazine rings is 1. The monoisotopic (exact) mass is 446 g/mol. The summed E-state index contributed by atoms with van der Waals surface area (Å²) in [6.45, 7) is 9.45. The first kappa shape index (κ1) is 21.9. The molecule has 0 bridgehead atoms. The van der Waals surface area contributed by atoms with Gasteiger partial charge in [0.1, 0.15) is 5.75 Å². The quantitative estimate of drug-likeness (QED) is 0.703. The van der Waals surface area contributed by atoms with Gasteiger partial charge in [-0.15, -0.1) is 0 Å². The third-order valence-corrected chi connectivity index (χ3v) is 7.69. The Morgan fingerprint density at radius 2 is 1.68 bits per heavy atom. The van der Waals surface area contributed by atoms with E-state index in [1.807, 2.05) is 18.2 Å². The van der Waals surface area contributed by atoms with E-state index in [1.165, 1.54) is 0 Å². The van der Waals surface area contributed by atoms with Crippen LogP contribution in [0.4, 0.5) is 0 Å². The van der Waals surface area contributed by atoms with E-state index in [2.05, 4.69) is 25.7 Å². The molecule has 4 rings (SSSR count). The Morgan fingerprint density at radius 1 is 0.968 bits per heavy atom. The Bertz CT molecular complexity index is 1050. The van der Waals surface area contributed by atoms with Gasteiger partial charge in [-0.25, -0.2) is 8.42 Å². The van der Waals surface area contributed by atoms with E-state index < -0.39 is 10.0 Å². The first-order valence-corrected chi connectivity index (χ1v) is 11.9. The van der Waals surface area contributed by atoms with Crippen LogP contribution in [-0.2, 0) is 22.0 Å². The Hall–Kier alpha value is -2.29. The van der Waals surface area contributed by atoms with Gasteiger partial charge in [-0.3, -0.25) is 4.90 Å². The lowest BCUT2D eigenvalue weighted by atomic mass is 9.86. The van der Waals surface area contributed by atoms with Crippen LogP contribution in [0.15, 0.2) is 41.3 Å². The zero-order valence-corrected chi connectivity index (χ0v) is 19.4. The largest absolute Gasteiger partial charge is 0.496 e. The predicted octanol–water partition coefficient (Wildman–Crippen LogP) is 3.23. The van der Waals surface area contributed by atoms with E-state index in [9.17, 15) is 8.42 Å². The summed E-state index contributed by atoms with van der Waals surface area (Å²) in [4.78, 5) is 2.58. The maximum atomic E-state index is 13.3. The fourth-order valence-corrected chi connectivity index (χ4v) is 5.46. The molecular formula is C23H30N2O5S. The van der Waals surface area contributed by atoms with Gasteiger partial charge in [0, 0.05) is 38.3 Å². The Balaban J connectivity index is 1.44. The average molecular weight is 447 g/mol. The third kappa shape index (κ3) is 4.51. The molecule has 1 fully saturated rings. The second-order valence-electron chi connectivity index (χ2n) is 8.98. The molecule has 2 aromatic rings. The lowest BCUT2D eigenvalue weighted by Gasteiger charge is -2.34. The molecule has 2 aliphatic rings. The van der Waals surface area contributed by atoms with Crippen molar-refractivity contribution in [3.8, 4) is 17.2 Å². The van der Waals surface area contributed by atoms with Crippen molar-refractivity contribution in [2.24, 2.45) is 0 Å². The Kier molecular flexibility index (Phi) is 5.89. The van der Waals surface area contributed by atoms with Crippen molar-refractivity contribution in [2.75, 3.05) is 40.1 Å².